The second kappa shape index (κ2) is 10.4. The van der Waals surface area contributed by atoms with Crippen LogP contribution in [0.5, 0.6) is 5.88 Å². The number of carbonyl (C=O) groups excluding carboxylic acids is 2. The number of pyridine rings is 1. The van der Waals surface area contributed by atoms with E-state index in [9.17, 15) is 9.59 Å². The van der Waals surface area contributed by atoms with Crippen molar-refractivity contribution < 1.29 is 19.1 Å². The number of para-hydroxylation sites is 1. The van der Waals surface area contributed by atoms with Crippen molar-refractivity contribution in [2.75, 3.05) is 19.0 Å². The van der Waals surface area contributed by atoms with Gasteiger partial charge in [-0.05, 0) is 49.7 Å². The summed E-state index contributed by atoms with van der Waals surface area (Å²) in [5.74, 6) is -0.636. The smallest absolute Gasteiger partial charge is 0.358 e. The summed E-state index contributed by atoms with van der Waals surface area (Å²) in [6, 6.07) is 19.6. The fourth-order valence-corrected chi connectivity index (χ4v) is 3.75. The lowest BCUT2D eigenvalue weighted by atomic mass is 10.1. The molecule has 0 bridgehead atoms. The Kier molecular flexibility index (Phi) is 7.12. The summed E-state index contributed by atoms with van der Waals surface area (Å²) in [5.41, 5.74) is 4.28. The van der Waals surface area contributed by atoms with E-state index in [1.54, 1.807) is 29.8 Å². The second-order valence-corrected chi connectivity index (χ2v) is 7.98. The summed E-state index contributed by atoms with van der Waals surface area (Å²) in [6.07, 6.45) is 0. The molecular formula is C26H23ClN4O4. The Hall–Kier alpha value is -4.17. The summed E-state index contributed by atoms with van der Waals surface area (Å²) in [6.45, 7) is 3.96. The van der Waals surface area contributed by atoms with Crippen LogP contribution in [0.25, 0.3) is 16.9 Å². The number of aromatic nitrogens is 3. The Morgan fingerprint density at radius 2 is 1.86 bits per heavy atom. The van der Waals surface area contributed by atoms with Gasteiger partial charge in [0.2, 0.25) is 5.88 Å². The maximum absolute atomic E-state index is 12.8. The number of amides is 1. The number of methoxy groups -OCH3 is 1. The van der Waals surface area contributed by atoms with E-state index in [0.717, 1.165) is 16.8 Å². The average molecular weight is 491 g/mol. The third kappa shape index (κ3) is 5.33. The summed E-state index contributed by atoms with van der Waals surface area (Å²) in [5, 5.41) is 7.54. The van der Waals surface area contributed by atoms with Crippen molar-refractivity contribution in [1.29, 1.82) is 0 Å². The van der Waals surface area contributed by atoms with Gasteiger partial charge in [-0.15, -0.1) is 0 Å². The first-order valence-electron chi connectivity index (χ1n) is 10.9. The average Bonchev–Trinajstić information content (AvgIpc) is 3.30. The predicted octanol–water partition coefficient (Wildman–Crippen LogP) is 5.33. The van der Waals surface area contributed by atoms with Crippen molar-refractivity contribution in [3.8, 4) is 22.8 Å². The number of rotatable bonds is 7. The molecule has 0 aliphatic rings. The first kappa shape index (κ1) is 24.0. The molecule has 0 spiro atoms. The number of anilines is 1. The molecule has 0 aliphatic carbocycles. The molecule has 4 rings (SSSR count). The van der Waals surface area contributed by atoms with Crippen LogP contribution in [-0.2, 0) is 4.74 Å². The van der Waals surface area contributed by atoms with Crippen LogP contribution < -0.4 is 10.1 Å². The minimum Gasteiger partial charge on any atom is -0.481 e. The van der Waals surface area contributed by atoms with Crippen molar-refractivity contribution in [2.45, 2.75) is 13.8 Å². The Morgan fingerprint density at radius 1 is 1.06 bits per heavy atom. The number of ether oxygens (including phenoxy) is 2. The van der Waals surface area contributed by atoms with Crippen molar-refractivity contribution in [1.82, 2.24) is 14.8 Å². The zero-order chi connectivity index (χ0) is 24.9. The molecule has 2 heterocycles. The van der Waals surface area contributed by atoms with E-state index >= 15 is 0 Å². The molecule has 1 amide bonds. The van der Waals surface area contributed by atoms with Crippen LogP contribution in [0.15, 0.2) is 66.7 Å². The Morgan fingerprint density at radius 3 is 2.60 bits per heavy atom. The number of hydrogen-bond donors (Lipinski definition) is 1. The number of halogens is 1. The van der Waals surface area contributed by atoms with Crippen LogP contribution in [0.4, 0.5) is 5.69 Å². The first-order chi connectivity index (χ1) is 16.9. The molecule has 1 N–H and O–H groups in total. The number of nitrogens with zero attached hydrogens (tertiary/aromatic N) is 3. The van der Waals surface area contributed by atoms with Crippen molar-refractivity contribution >= 4 is 29.2 Å². The van der Waals surface area contributed by atoms with Crippen LogP contribution in [-0.4, -0.2) is 40.4 Å². The molecule has 0 fully saturated rings. The molecule has 0 saturated heterocycles. The zero-order valence-corrected chi connectivity index (χ0v) is 20.2. The topological polar surface area (TPSA) is 95.3 Å². The van der Waals surface area contributed by atoms with Gasteiger partial charge in [0.15, 0.2) is 5.69 Å². The fraction of sp³-hybridized carbons (Fsp3) is 0.154. The van der Waals surface area contributed by atoms with Crippen molar-refractivity contribution in [3.63, 3.8) is 0 Å². The molecule has 0 unspecified atom stereocenters. The number of nitrogens with one attached hydrogen (secondary N) is 1. The molecule has 4 aromatic rings. The number of hydrogen-bond acceptors (Lipinski definition) is 6. The van der Waals surface area contributed by atoms with Crippen LogP contribution in [0.3, 0.4) is 0 Å². The highest BCUT2D eigenvalue weighted by Gasteiger charge is 2.19. The van der Waals surface area contributed by atoms with E-state index in [0.29, 0.717) is 16.9 Å². The van der Waals surface area contributed by atoms with Gasteiger partial charge in [-0.25, -0.2) is 14.5 Å². The summed E-state index contributed by atoms with van der Waals surface area (Å²) >= 11 is 6.00. The Balaban J connectivity index is 1.72. The third-order valence-electron chi connectivity index (χ3n) is 5.20. The maximum Gasteiger partial charge on any atom is 0.358 e. The van der Waals surface area contributed by atoms with E-state index in [1.165, 1.54) is 19.2 Å². The van der Waals surface area contributed by atoms with Crippen molar-refractivity contribution in [2.24, 2.45) is 0 Å². The number of aryl methyl sites for hydroxylation is 1. The third-order valence-corrected chi connectivity index (χ3v) is 5.39. The van der Waals surface area contributed by atoms with E-state index < -0.39 is 5.97 Å². The van der Waals surface area contributed by atoms with Gasteiger partial charge in [0.25, 0.3) is 5.91 Å². The molecule has 0 aliphatic heterocycles. The second-order valence-electron chi connectivity index (χ2n) is 7.59. The number of benzene rings is 2. The van der Waals surface area contributed by atoms with E-state index in [2.05, 4.69) is 15.4 Å². The highest BCUT2D eigenvalue weighted by Crippen LogP contribution is 2.28. The van der Waals surface area contributed by atoms with Crippen LogP contribution >= 0.6 is 11.6 Å². The molecule has 2 aromatic carbocycles. The Labute approximate surface area is 207 Å². The van der Waals surface area contributed by atoms with Gasteiger partial charge in [0, 0.05) is 22.9 Å². The molecule has 0 atom stereocenters. The van der Waals surface area contributed by atoms with E-state index in [4.69, 9.17) is 21.1 Å². The summed E-state index contributed by atoms with van der Waals surface area (Å²) < 4.78 is 12.0. The van der Waals surface area contributed by atoms with Gasteiger partial charge >= 0.3 is 5.97 Å². The molecule has 8 nitrogen and oxygen atoms in total. The largest absolute Gasteiger partial charge is 0.481 e. The lowest BCUT2D eigenvalue weighted by Crippen LogP contribution is -2.12. The van der Waals surface area contributed by atoms with Gasteiger partial charge < -0.3 is 14.8 Å². The standard InChI is InChI=1S/C26H23ClN4O4/c1-4-35-26(33)20-15-22(31(30-20)21-11-6-5-8-16(21)2)17-9-7-10-19(12-17)28-25(32)18-13-23(27)29-24(14-18)34-3/h5-15H,4H2,1-3H3,(H,28,32). The van der Waals surface area contributed by atoms with Gasteiger partial charge in [0.05, 0.1) is 25.1 Å². The maximum atomic E-state index is 12.8. The number of carbonyl (C=O) groups is 2. The molecular weight excluding hydrogens is 468 g/mol. The van der Waals surface area contributed by atoms with Gasteiger partial charge in [-0.3, -0.25) is 4.79 Å². The molecule has 0 radical (unpaired) electrons. The SMILES string of the molecule is CCOC(=O)c1cc(-c2cccc(NC(=O)c3cc(Cl)nc(OC)c3)c2)n(-c2ccccc2C)n1. The quantitative estimate of drug-likeness (QED) is 0.278. The van der Waals surface area contributed by atoms with Crippen LogP contribution in [0.2, 0.25) is 5.15 Å². The van der Waals surface area contributed by atoms with Crippen LogP contribution in [0.1, 0.15) is 33.3 Å². The predicted molar refractivity (Wildman–Crippen MR) is 133 cm³/mol. The molecule has 178 valence electrons. The molecule has 9 heteroatoms. The molecule has 0 saturated carbocycles. The minimum atomic E-state index is -0.506. The van der Waals surface area contributed by atoms with Gasteiger partial charge in [-0.1, -0.05) is 41.9 Å². The normalized spacial score (nSPS) is 10.6. The summed E-state index contributed by atoms with van der Waals surface area (Å²) in [7, 11) is 1.45. The molecule has 2 aromatic heterocycles. The van der Waals surface area contributed by atoms with Crippen LogP contribution in [0, 0.1) is 6.92 Å². The zero-order valence-electron chi connectivity index (χ0n) is 19.4. The van der Waals surface area contributed by atoms with Gasteiger partial charge in [-0.2, -0.15) is 5.10 Å². The highest BCUT2D eigenvalue weighted by molar-refractivity contribution is 6.30. The lowest BCUT2D eigenvalue weighted by Gasteiger charge is -2.12. The van der Waals surface area contributed by atoms with E-state index in [1.807, 2.05) is 43.3 Å². The molecule has 35 heavy (non-hydrogen) atoms. The minimum absolute atomic E-state index is 0.150. The number of esters is 1. The highest BCUT2D eigenvalue weighted by atomic mass is 35.5. The lowest BCUT2D eigenvalue weighted by molar-refractivity contribution is 0.0519. The monoisotopic (exact) mass is 490 g/mol. The van der Waals surface area contributed by atoms with Crippen molar-refractivity contribution in [3.05, 3.63) is 88.7 Å². The van der Waals surface area contributed by atoms with Gasteiger partial charge in [0.1, 0.15) is 5.15 Å². The summed E-state index contributed by atoms with van der Waals surface area (Å²) in [4.78, 5) is 29.3. The van der Waals surface area contributed by atoms with E-state index in [-0.39, 0.29) is 29.2 Å². The Bertz CT molecular complexity index is 1400. The fourth-order valence-electron chi connectivity index (χ4n) is 3.54. The first-order valence-corrected chi connectivity index (χ1v) is 11.2.